The maximum Gasteiger partial charge on any atom is 0.256 e. The molecule has 0 bridgehead atoms. The van der Waals surface area contributed by atoms with Crippen molar-refractivity contribution in [2.24, 2.45) is 7.05 Å². The summed E-state index contributed by atoms with van der Waals surface area (Å²) in [6, 6.07) is 72.6. The highest BCUT2D eigenvalue weighted by molar-refractivity contribution is 6.37. The standard InChI is InChI=1S/C28H28N2O3.C27H25FN2O3.C27H27N3O3.C26H21N3O3/c1-30-17-7-6-8-19(30)13-15-26(31)22-10-2-3-11-23(22)27-16-14-20(33-27)18-24-21-9-4-5-12-25(21)29-28(24)32;28-18-9-11-24-22(16-18)23(27(32)29-24)17-19-10-12-26(33-19)21-7-2-1-6-20(21)25(31)8-5-15-30-13-3-4-14-30;1-29(2)18-13-15-30(16-14-18)27(32)22-9-4-3-8-21(22)25-12-11-19(33-25)17-23-20-7-5-6-10-24(20)28-26(23)31;1-29-16-27-15-17(29)10-12-24(30)20-7-2-3-8-21(20)25-13-11-18(32-25)14-22-19-6-4-5-9-23(19)28-26(22)31/h2-5,9-12,14,16,18-19H,6-8,13,15,17H2,1H3,(H,29,32);1-2,6-7,9-12,16-17H,3-5,8,13-15H2,(H,29,32);3-12,17-18H,13-16H2,1-2H3,(H,28,31);2-9,11,13-16H,10,12H2,1H3,(H,28,31)/b24-18+;2*23-17+;22-14+. The summed E-state index contributed by atoms with van der Waals surface area (Å²) in [7, 11) is 8.26. The van der Waals surface area contributed by atoms with Gasteiger partial charge in [-0.25, -0.2) is 9.37 Å². The van der Waals surface area contributed by atoms with Gasteiger partial charge >= 0.3 is 0 Å². The van der Waals surface area contributed by atoms with Crippen molar-refractivity contribution in [3.05, 3.63) is 328 Å². The molecular weight excluding hydrogens is 1650 g/mol. The number of Topliss-reactive ketones (excluding diaryl/α,β-unsaturated/α-hetero) is 3. The summed E-state index contributed by atoms with van der Waals surface area (Å²) in [5, 5.41) is 11.3. The number of anilines is 4. The fourth-order valence-corrected chi connectivity index (χ4v) is 18.0. The maximum atomic E-state index is 13.7. The van der Waals surface area contributed by atoms with Crippen LogP contribution in [0.4, 0.5) is 27.1 Å². The highest BCUT2D eigenvalue weighted by Gasteiger charge is 2.33. The van der Waals surface area contributed by atoms with E-state index in [-0.39, 0.29) is 46.9 Å². The first kappa shape index (κ1) is 88.3. The second-order valence-corrected chi connectivity index (χ2v) is 33.9. The number of benzene rings is 8. The van der Waals surface area contributed by atoms with Crippen LogP contribution in [0.5, 0.6) is 0 Å². The van der Waals surface area contributed by atoms with Crippen molar-refractivity contribution in [3.8, 4) is 45.3 Å². The zero-order valence-electron chi connectivity index (χ0n) is 73.5. The van der Waals surface area contributed by atoms with Crippen LogP contribution in [0.15, 0.2) is 267 Å². The van der Waals surface area contributed by atoms with Crippen LogP contribution < -0.4 is 21.3 Å². The normalized spacial score (nSPS) is 17.0. The third kappa shape index (κ3) is 20.4. The molecule has 0 aliphatic carbocycles. The van der Waals surface area contributed by atoms with E-state index in [9.17, 15) is 42.7 Å². The lowest BCUT2D eigenvalue weighted by Gasteiger charge is -2.35. The fraction of sp³-hybridized carbons (Fsp3) is 0.231. The van der Waals surface area contributed by atoms with Crippen LogP contribution in [0.2, 0.25) is 0 Å². The number of halogens is 1. The molecule has 5 amide bonds. The van der Waals surface area contributed by atoms with Crippen LogP contribution in [0.25, 0.3) is 91.9 Å². The van der Waals surface area contributed by atoms with Crippen molar-refractivity contribution in [2.45, 2.75) is 95.6 Å². The van der Waals surface area contributed by atoms with Crippen molar-refractivity contribution < 1.29 is 60.4 Å². The van der Waals surface area contributed by atoms with Crippen LogP contribution in [0, 0.1) is 5.82 Å². The third-order valence-corrected chi connectivity index (χ3v) is 25.2. The predicted octanol–water partition coefficient (Wildman–Crippen LogP) is 21.1. The van der Waals surface area contributed by atoms with E-state index in [1.54, 1.807) is 55.0 Å². The molecule has 7 aliphatic heterocycles. The summed E-state index contributed by atoms with van der Waals surface area (Å²) in [5.74, 6) is 3.72. The first-order valence-electron chi connectivity index (χ1n) is 44.7. The molecule has 1 atom stereocenters. The molecule has 0 spiro atoms. The molecule has 5 aromatic heterocycles. The number of para-hydroxylation sites is 3. The number of piperidine rings is 2. The number of likely N-dealkylation sites (tertiary alicyclic amines) is 3. The zero-order chi connectivity index (χ0) is 90.6. The Labute approximate surface area is 759 Å². The summed E-state index contributed by atoms with van der Waals surface area (Å²) in [4.78, 5) is 115. The Morgan fingerprint density at radius 2 is 0.802 bits per heavy atom. The van der Waals surface area contributed by atoms with Crippen molar-refractivity contribution in [3.63, 3.8) is 0 Å². The quantitative estimate of drug-likeness (QED) is 0.0342. The van der Waals surface area contributed by atoms with E-state index in [4.69, 9.17) is 17.7 Å². The Morgan fingerprint density at radius 1 is 0.420 bits per heavy atom. The Bertz CT molecular complexity index is 6630. The lowest BCUT2D eigenvalue weighted by Crippen LogP contribution is -2.44. The number of hydrogen-bond donors (Lipinski definition) is 4. The number of hydrogen-bond acceptors (Lipinski definition) is 16. The number of furan rings is 4. The van der Waals surface area contributed by atoms with E-state index >= 15 is 0 Å². The van der Waals surface area contributed by atoms with Crippen LogP contribution in [0.1, 0.15) is 169 Å². The van der Waals surface area contributed by atoms with Gasteiger partial charge in [-0.05, 0) is 220 Å². The molecule has 0 radical (unpaired) electrons. The van der Waals surface area contributed by atoms with E-state index < -0.39 is 5.82 Å². The number of aromatic nitrogens is 2. The van der Waals surface area contributed by atoms with Crippen molar-refractivity contribution in [2.75, 3.05) is 81.7 Å². The Morgan fingerprint density at radius 3 is 1.23 bits per heavy atom. The minimum absolute atomic E-state index is 0.0307. The van der Waals surface area contributed by atoms with Crippen molar-refractivity contribution >= 4 is 116 Å². The molecule has 23 heteroatoms. The number of aryl methyl sites for hydroxylation is 2. The number of imidazole rings is 1. The van der Waals surface area contributed by atoms with Gasteiger partial charge in [-0.2, -0.15) is 0 Å². The Kier molecular flexibility index (Phi) is 27.1. The molecule has 4 N–H and O–H groups in total. The molecule has 3 fully saturated rings. The number of fused-ring (bicyclic) bond motifs is 4. The second kappa shape index (κ2) is 40.3. The van der Waals surface area contributed by atoms with E-state index in [1.807, 2.05) is 223 Å². The summed E-state index contributed by atoms with van der Waals surface area (Å²) in [6.07, 6.45) is 22.2. The number of nitrogens with one attached hydrogen (secondary N) is 4. The zero-order valence-corrected chi connectivity index (χ0v) is 73.5. The largest absolute Gasteiger partial charge is 0.457 e. The van der Waals surface area contributed by atoms with E-state index in [0.717, 1.165) is 127 Å². The number of carbonyl (C=O) groups is 8. The van der Waals surface area contributed by atoms with Gasteiger partial charge in [0.2, 0.25) is 0 Å². The monoisotopic (exact) mass is 1750 g/mol. The molecule has 22 nitrogen and oxygen atoms in total. The molecule has 3 saturated heterocycles. The molecular formula is C108H101FN10O12. The predicted molar refractivity (Wildman–Crippen MR) is 510 cm³/mol. The minimum Gasteiger partial charge on any atom is -0.457 e. The number of carbonyl (C=O) groups excluding carboxylic acids is 8. The molecule has 13 aromatic rings. The highest BCUT2D eigenvalue weighted by atomic mass is 19.1. The van der Waals surface area contributed by atoms with Crippen LogP contribution in [-0.4, -0.2) is 149 Å². The summed E-state index contributed by atoms with van der Waals surface area (Å²) < 4.78 is 39.8. The van der Waals surface area contributed by atoms with Crippen molar-refractivity contribution in [1.82, 2.24) is 29.2 Å². The first-order chi connectivity index (χ1) is 63.8. The lowest BCUT2D eigenvalue weighted by atomic mass is 9.94. The number of nitrogens with zero attached hydrogens (tertiary/aromatic N) is 6. The van der Waals surface area contributed by atoms with Gasteiger partial charge in [0.15, 0.2) is 17.3 Å². The minimum atomic E-state index is -0.409. The molecule has 1 unspecified atom stereocenters. The molecule has 0 saturated carbocycles. The van der Waals surface area contributed by atoms with Gasteiger partial charge in [0.25, 0.3) is 29.5 Å². The highest BCUT2D eigenvalue weighted by Crippen LogP contribution is 2.41. The first-order valence-corrected chi connectivity index (χ1v) is 44.7. The molecule has 662 valence electrons. The average Bonchev–Trinajstić information content (AvgIpc) is 1.66. The van der Waals surface area contributed by atoms with Crippen LogP contribution in [0.3, 0.4) is 0 Å². The van der Waals surface area contributed by atoms with Gasteiger partial charge in [0.05, 0.1) is 34.2 Å². The van der Waals surface area contributed by atoms with E-state index in [1.165, 1.54) is 44.2 Å². The molecule has 20 rings (SSSR count). The SMILES string of the molecule is CN(C)C1CCN(C(=O)c2ccccc2-c2ccc(/C=C3/C(=O)Nc4ccccc43)o2)CC1.CN1CCCCC1CCC(=O)c1ccccc1-c1ccc(/C=C2/C(=O)Nc3ccccc32)o1.Cn1cncc1CCC(=O)c1ccccc1-c1ccc(/C=C2/C(=O)Nc3ccccc32)o1.O=C1Nc2ccc(F)cc2/C1=C\c1ccc(-c2ccccc2C(=O)CCCN2CCCC2)o1. The maximum absolute atomic E-state index is 13.7. The third-order valence-electron chi connectivity index (χ3n) is 25.2. The number of rotatable bonds is 23. The Balaban J connectivity index is 0.000000122. The van der Waals surface area contributed by atoms with Gasteiger partial charge in [0, 0.05) is 147 Å². The molecule has 7 aliphatic rings. The molecule has 8 aromatic carbocycles. The van der Waals surface area contributed by atoms with Gasteiger partial charge in [-0.3, -0.25) is 38.4 Å². The van der Waals surface area contributed by atoms with Gasteiger partial charge in [0.1, 0.15) is 51.9 Å². The molecule has 12 heterocycles. The molecule has 131 heavy (non-hydrogen) atoms. The van der Waals surface area contributed by atoms with Crippen molar-refractivity contribution in [1.29, 1.82) is 0 Å². The lowest BCUT2D eigenvalue weighted by molar-refractivity contribution is -0.111. The summed E-state index contributed by atoms with van der Waals surface area (Å²) in [6.45, 7) is 5.83. The van der Waals surface area contributed by atoms with Gasteiger partial charge in [-0.15, -0.1) is 0 Å². The van der Waals surface area contributed by atoms with Crippen LogP contribution in [-0.2, 0) is 32.6 Å². The summed E-state index contributed by atoms with van der Waals surface area (Å²) >= 11 is 0. The fourth-order valence-electron chi connectivity index (χ4n) is 18.0. The van der Waals surface area contributed by atoms with Gasteiger partial charge < -0.3 is 63.1 Å². The summed E-state index contributed by atoms with van der Waals surface area (Å²) in [5.41, 5.74) is 14.7. The van der Waals surface area contributed by atoms with E-state index in [0.29, 0.717) is 140 Å². The van der Waals surface area contributed by atoms with Gasteiger partial charge in [-0.1, -0.05) is 152 Å². The number of amides is 5. The Hall–Kier alpha value is -14.8. The van der Waals surface area contributed by atoms with E-state index in [2.05, 4.69) is 62.1 Å². The topological polar surface area (TPSA) is 268 Å². The van der Waals surface area contributed by atoms with Crippen LogP contribution >= 0.6 is 0 Å². The number of ketones is 3. The smallest absolute Gasteiger partial charge is 0.256 e. The average molecular weight is 1750 g/mol. The second-order valence-electron chi connectivity index (χ2n) is 33.9.